The molecule has 1 amide bonds. The number of nitriles is 1. The van der Waals surface area contributed by atoms with Crippen LogP contribution in [0.1, 0.15) is 5.56 Å². The van der Waals surface area contributed by atoms with E-state index < -0.39 is 0 Å². The third-order valence-electron chi connectivity index (χ3n) is 1.89. The first-order chi connectivity index (χ1) is 7.26. The van der Waals surface area contributed by atoms with E-state index in [1.165, 1.54) is 4.90 Å². The molecule has 0 aliphatic heterocycles. The smallest absolute Gasteiger partial charge is 0.225 e. The Morgan fingerprint density at radius 1 is 1.47 bits per heavy atom. The van der Waals surface area contributed by atoms with Crippen LogP contribution in [0.25, 0.3) is 0 Å². The average molecular weight is 220 g/mol. The molecule has 1 aromatic carbocycles. The Bertz CT molecular complexity index is 367. The number of carbonyl (C=O) groups excluding carboxylic acids is 1. The normalized spacial score (nSPS) is 9.33. The molecule has 0 atom stereocenters. The molecule has 15 heavy (non-hydrogen) atoms. The Balaban J connectivity index is 2.50. The van der Waals surface area contributed by atoms with E-state index in [2.05, 4.69) is 5.32 Å². The van der Waals surface area contributed by atoms with Gasteiger partial charge < -0.3 is 5.32 Å². The van der Waals surface area contributed by atoms with Gasteiger partial charge in [0.05, 0.1) is 12.5 Å². The highest BCUT2D eigenvalue weighted by molar-refractivity contribution is 7.98. The van der Waals surface area contributed by atoms with Crippen LogP contribution in [0.2, 0.25) is 0 Å². The van der Waals surface area contributed by atoms with Crippen molar-refractivity contribution >= 4 is 17.7 Å². The molecular weight excluding hydrogens is 208 g/mol. The van der Waals surface area contributed by atoms with Crippen LogP contribution >= 0.6 is 11.8 Å². The molecule has 0 aliphatic carbocycles. The lowest BCUT2D eigenvalue weighted by Crippen LogP contribution is -2.25. The van der Waals surface area contributed by atoms with Gasteiger partial charge >= 0.3 is 0 Å². The summed E-state index contributed by atoms with van der Waals surface area (Å²) in [6.07, 6.45) is 2.34. The SMILES string of the molecule is CSc1ccc(CC(=O)NCC#N)cc1. The van der Waals surface area contributed by atoms with Crippen LogP contribution < -0.4 is 5.32 Å². The molecule has 3 nitrogen and oxygen atoms in total. The summed E-state index contributed by atoms with van der Waals surface area (Å²) < 4.78 is 0. The van der Waals surface area contributed by atoms with E-state index in [0.717, 1.165) is 5.56 Å². The van der Waals surface area contributed by atoms with E-state index in [9.17, 15) is 4.79 Å². The molecule has 78 valence electrons. The van der Waals surface area contributed by atoms with Gasteiger partial charge in [0.25, 0.3) is 0 Å². The van der Waals surface area contributed by atoms with Crippen LogP contribution in [-0.2, 0) is 11.2 Å². The van der Waals surface area contributed by atoms with Gasteiger partial charge in [-0.2, -0.15) is 5.26 Å². The summed E-state index contributed by atoms with van der Waals surface area (Å²) >= 11 is 1.67. The molecule has 0 aromatic heterocycles. The molecule has 0 heterocycles. The average Bonchev–Trinajstić information content (AvgIpc) is 2.27. The Morgan fingerprint density at radius 2 is 2.13 bits per heavy atom. The minimum Gasteiger partial charge on any atom is -0.343 e. The number of hydrogen-bond donors (Lipinski definition) is 1. The van der Waals surface area contributed by atoms with Gasteiger partial charge in [0, 0.05) is 4.90 Å². The van der Waals surface area contributed by atoms with Gasteiger partial charge in [0.15, 0.2) is 0 Å². The third-order valence-corrected chi connectivity index (χ3v) is 2.63. The van der Waals surface area contributed by atoms with E-state index in [4.69, 9.17) is 5.26 Å². The van der Waals surface area contributed by atoms with Crippen molar-refractivity contribution in [3.63, 3.8) is 0 Å². The highest BCUT2D eigenvalue weighted by atomic mass is 32.2. The fourth-order valence-electron chi connectivity index (χ4n) is 1.13. The Morgan fingerprint density at radius 3 is 2.67 bits per heavy atom. The molecular formula is C11H12N2OS. The fourth-order valence-corrected chi connectivity index (χ4v) is 1.54. The van der Waals surface area contributed by atoms with Crippen molar-refractivity contribution in [2.45, 2.75) is 11.3 Å². The molecule has 0 bridgehead atoms. The number of rotatable bonds is 4. The molecule has 0 radical (unpaired) electrons. The maximum atomic E-state index is 11.3. The van der Waals surface area contributed by atoms with Crippen LogP contribution in [-0.4, -0.2) is 18.7 Å². The Labute approximate surface area is 93.5 Å². The topological polar surface area (TPSA) is 52.9 Å². The standard InChI is InChI=1S/C11H12N2OS/c1-15-10-4-2-9(3-5-10)8-11(14)13-7-6-12/h2-5H,7-8H2,1H3,(H,13,14). The highest BCUT2D eigenvalue weighted by Crippen LogP contribution is 2.14. The minimum atomic E-state index is -0.117. The lowest BCUT2D eigenvalue weighted by atomic mass is 10.1. The molecule has 1 N–H and O–H groups in total. The number of benzene rings is 1. The maximum absolute atomic E-state index is 11.3. The summed E-state index contributed by atoms with van der Waals surface area (Å²) in [6, 6.07) is 9.69. The summed E-state index contributed by atoms with van der Waals surface area (Å²) in [5, 5.41) is 10.8. The van der Waals surface area contributed by atoms with Gasteiger partial charge in [0.1, 0.15) is 6.54 Å². The predicted molar refractivity (Wildman–Crippen MR) is 60.5 cm³/mol. The van der Waals surface area contributed by atoms with E-state index in [0.29, 0.717) is 6.42 Å². The van der Waals surface area contributed by atoms with Crippen LogP contribution in [0.3, 0.4) is 0 Å². The summed E-state index contributed by atoms with van der Waals surface area (Å²) in [7, 11) is 0. The van der Waals surface area contributed by atoms with Crippen LogP contribution in [0.15, 0.2) is 29.2 Å². The highest BCUT2D eigenvalue weighted by Gasteiger charge is 2.01. The van der Waals surface area contributed by atoms with E-state index in [-0.39, 0.29) is 12.5 Å². The Hall–Kier alpha value is -1.47. The van der Waals surface area contributed by atoms with E-state index in [1.807, 2.05) is 36.6 Å². The predicted octanol–water partition coefficient (Wildman–Crippen LogP) is 1.59. The zero-order valence-electron chi connectivity index (χ0n) is 8.49. The second kappa shape index (κ2) is 6.10. The first kappa shape index (κ1) is 11.6. The molecule has 0 saturated heterocycles. The summed E-state index contributed by atoms with van der Waals surface area (Å²) in [5.41, 5.74) is 0.961. The summed E-state index contributed by atoms with van der Waals surface area (Å²) in [6.45, 7) is 0.0712. The van der Waals surface area contributed by atoms with Gasteiger partial charge in [-0.25, -0.2) is 0 Å². The minimum absolute atomic E-state index is 0.0712. The van der Waals surface area contributed by atoms with Gasteiger partial charge in [-0.15, -0.1) is 11.8 Å². The molecule has 0 saturated carbocycles. The van der Waals surface area contributed by atoms with E-state index in [1.54, 1.807) is 11.8 Å². The van der Waals surface area contributed by atoms with Gasteiger partial charge in [-0.1, -0.05) is 12.1 Å². The van der Waals surface area contributed by atoms with Crippen molar-refractivity contribution in [2.24, 2.45) is 0 Å². The summed E-state index contributed by atoms with van der Waals surface area (Å²) in [4.78, 5) is 12.4. The van der Waals surface area contributed by atoms with Crippen LogP contribution in [0.5, 0.6) is 0 Å². The van der Waals surface area contributed by atoms with Crippen molar-refractivity contribution in [1.82, 2.24) is 5.32 Å². The van der Waals surface area contributed by atoms with E-state index >= 15 is 0 Å². The second-order valence-electron chi connectivity index (χ2n) is 2.96. The second-order valence-corrected chi connectivity index (χ2v) is 3.84. The number of amides is 1. The van der Waals surface area contributed by atoms with Crippen molar-refractivity contribution in [3.8, 4) is 6.07 Å². The molecule has 0 fully saturated rings. The molecule has 4 heteroatoms. The largest absolute Gasteiger partial charge is 0.343 e. The fraction of sp³-hybridized carbons (Fsp3) is 0.273. The quantitative estimate of drug-likeness (QED) is 0.619. The Kier molecular flexibility index (Phi) is 4.72. The first-order valence-corrected chi connectivity index (χ1v) is 5.75. The number of carbonyl (C=O) groups is 1. The third kappa shape index (κ3) is 4.05. The van der Waals surface area contributed by atoms with Gasteiger partial charge in [0.2, 0.25) is 5.91 Å². The van der Waals surface area contributed by atoms with Crippen molar-refractivity contribution in [2.75, 3.05) is 12.8 Å². The lowest BCUT2D eigenvalue weighted by Gasteiger charge is -2.02. The lowest BCUT2D eigenvalue weighted by molar-refractivity contribution is -0.120. The van der Waals surface area contributed by atoms with Crippen molar-refractivity contribution in [1.29, 1.82) is 5.26 Å². The summed E-state index contributed by atoms with van der Waals surface area (Å²) in [5.74, 6) is -0.117. The monoisotopic (exact) mass is 220 g/mol. The zero-order chi connectivity index (χ0) is 11.1. The maximum Gasteiger partial charge on any atom is 0.225 e. The van der Waals surface area contributed by atoms with Gasteiger partial charge in [-0.3, -0.25) is 4.79 Å². The van der Waals surface area contributed by atoms with Gasteiger partial charge in [-0.05, 0) is 24.0 Å². The van der Waals surface area contributed by atoms with Crippen molar-refractivity contribution in [3.05, 3.63) is 29.8 Å². The van der Waals surface area contributed by atoms with Crippen LogP contribution in [0.4, 0.5) is 0 Å². The zero-order valence-corrected chi connectivity index (χ0v) is 9.30. The number of hydrogen-bond acceptors (Lipinski definition) is 3. The number of nitrogens with one attached hydrogen (secondary N) is 1. The molecule has 0 aliphatic rings. The number of thioether (sulfide) groups is 1. The van der Waals surface area contributed by atoms with Crippen molar-refractivity contribution < 1.29 is 4.79 Å². The first-order valence-electron chi connectivity index (χ1n) is 4.53. The number of nitrogens with zero attached hydrogens (tertiary/aromatic N) is 1. The molecule has 0 unspecified atom stereocenters. The van der Waals surface area contributed by atoms with Crippen LogP contribution in [0, 0.1) is 11.3 Å². The molecule has 1 rings (SSSR count). The molecule has 1 aromatic rings. The molecule has 0 spiro atoms.